The van der Waals surface area contributed by atoms with Crippen molar-refractivity contribution in [2.24, 2.45) is 17.3 Å². The lowest BCUT2D eigenvalue weighted by atomic mass is 9.48. The molecule has 0 amide bonds. The molecule has 4 rings (SSSR count). The minimum atomic E-state index is -0.939. The van der Waals surface area contributed by atoms with Crippen LogP contribution in [-0.4, -0.2) is 17.7 Å². The molecule has 3 aliphatic rings. The average Bonchev–Trinajstić information content (AvgIpc) is 2.47. The second-order valence-corrected chi connectivity index (χ2v) is 6.72. The van der Waals surface area contributed by atoms with E-state index in [1.807, 2.05) is 0 Å². The zero-order valence-corrected chi connectivity index (χ0v) is 12.6. The van der Waals surface area contributed by atoms with Gasteiger partial charge in [0.25, 0.3) is 0 Å². The Hall–Kier alpha value is -1.77. The zero-order chi connectivity index (χ0) is 15.0. The van der Waals surface area contributed by atoms with Crippen molar-refractivity contribution < 1.29 is 14.6 Å². The first kappa shape index (κ1) is 14.2. The number of carbonyl (C=O) groups is 1. The minimum absolute atomic E-state index is 0.235. The van der Waals surface area contributed by atoms with Gasteiger partial charge in [0.1, 0.15) is 11.3 Å². The van der Waals surface area contributed by atoms with E-state index >= 15 is 0 Å². The van der Waals surface area contributed by atoms with Crippen LogP contribution in [0.2, 0.25) is 0 Å². The molecule has 0 aromatic heterocycles. The molecule has 1 aromatic carbocycles. The van der Waals surface area contributed by atoms with Crippen LogP contribution < -0.4 is 4.74 Å². The fourth-order valence-corrected chi connectivity index (χ4v) is 3.81. The molecule has 1 fully saturated rings. The number of carboxylic acids is 1. The molecule has 3 aliphatic carbocycles. The molecule has 0 saturated heterocycles. The van der Waals surface area contributed by atoms with Crippen molar-refractivity contribution in [3.8, 4) is 5.75 Å². The van der Waals surface area contributed by atoms with Gasteiger partial charge in [-0.15, -0.1) is 0 Å². The van der Waals surface area contributed by atoms with Gasteiger partial charge in [-0.05, 0) is 42.2 Å². The van der Waals surface area contributed by atoms with Crippen molar-refractivity contribution >= 4 is 5.97 Å². The van der Waals surface area contributed by atoms with Crippen molar-refractivity contribution in [2.75, 3.05) is 6.61 Å². The van der Waals surface area contributed by atoms with Crippen LogP contribution in [0, 0.1) is 17.3 Å². The first-order valence-electron chi connectivity index (χ1n) is 7.64. The van der Waals surface area contributed by atoms with E-state index in [-0.39, 0.29) is 5.56 Å². The minimum Gasteiger partial charge on any atom is -0.492 e. The Bertz CT molecular complexity index is 586. The van der Waals surface area contributed by atoms with Crippen molar-refractivity contribution in [1.29, 1.82) is 0 Å². The van der Waals surface area contributed by atoms with Crippen LogP contribution in [0.1, 0.15) is 43.5 Å². The van der Waals surface area contributed by atoms with Gasteiger partial charge >= 0.3 is 5.97 Å². The van der Waals surface area contributed by atoms with E-state index in [0.29, 0.717) is 23.7 Å². The van der Waals surface area contributed by atoms with Crippen LogP contribution in [0.25, 0.3) is 0 Å². The quantitative estimate of drug-likeness (QED) is 0.827. The Labute approximate surface area is 125 Å². The molecule has 2 atom stereocenters. The van der Waals surface area contributed by atoms with Gasteiger partial charge in [-0.2, -0.15) is 0 Å². The lowest BCUT2D eigenvalue weighted by Gasteiger charge is -2.56. The number of ether oxygens (including phenoxy) is 1. The highest BCUT2D eigenvalue weighted by atomic mass is 16.5. The van der Waals surface area contributed by atoms with Crippen LogP contribution >= 0.6 is 0 Å². The summed E-state index contributed by atoms with van der Waals surface area (Å²) in [6, 6.07) is 6.83. The van der Waals surface area contributed by atoms with E-state index in [9.17, 15) is 4.79 Å². The van der Waals surface area contributed by atoms with Gasteiger partial charge in [-0.25, -0.2) is 4.79 Å². The average molecular weight is 286 g/mol. The highest BCUT2D eigenvalue weighted by Crippen LogP contribution is 2.59. The first-order valence-corrected chi connectivity index (χ1v) is 7.64. The number of hydrogen-bond acceptors (Lipinski definition) is 2. The molecule has 3 heteroatoms. The van der Waals surface area contributed by atoms with Gasteiger partial charge in [-0.1, -0.05) is 37.6 Å². The number of rotatable bonds is 5. The Morgan fingerprint density at radius 2 is 2.14 bits per heavy atom. The van der Waals surface area contributed by atoms with Gasteiger partial charge in [0.2, 0.25) is 0 Å². The molecule has 1 N–H and O–H groups in total. The molecule has 21 heavy (non-hydrogen) atoms. The van der Waals surface area contributed by atoms with Gasteiger partial charge in [0, 0.05) is 6.42 Å². The third-order valence-corrected chi connectivity index (χ3v) is 5.35. The van der Waals surface area contributed by atoms with Crippen LogP contribution in [0.15, 0.2) is 35.9 Å². The summed E-state index contributed by atoms with van der Waals surface area (Å²) < 4.78 is 5.71. The van der Waals surface area contributed by atoms with Gasteiger partial charge in [0.15, 0.2) is 0 Å². The lowest BCUT2D eigenvalue weighted by Crippen LogP contribution is -2.48. The van der Waals surface area contributed by atoms with Crippen molar-refractivity contribution in [1.82, 2.24) is 0 Å². The van der Waals surface area contributed by atoms with E-state index < -0.39 is 5.97 Å². The van der Waals surface area contributed by atoms with Crippen molar-refractivity contribution in [3.05, 3.63) is 41.5 Å². The Morgan fingerprint density at radius 3 is 2.81 bits per heavy atom. The third-order valence-electron chi connectivity index (χ3n) is 5.35. The summed E-state index contributed by atoms with van der Waals surface area (Å²) in [5.74, 6) is 1.06. The number of hydrogen-bond donors (Lipinski definition) is 1. The number of carboxylic acid groups (broad SMARTS) is 1. The standard InChI is InChI=1S/C18H22O3/c1-18(2)13-8-7-12(15(18)11-13)9-10-21-16-6-4-3-5-14(16)17(19)20/h3-7,13,15H,8-11H2,1-2H3,(H,19,20). The number of fused-ring (bicyclic) bond motifs is 1. The van der Waals surface area contributed by atoms with Crippen LogP contribution in [0.3, 0.4) is 0 Å². The summed E-state index contributed by atoms with van der Waals surface area (Å²) in [6.07, 6.45) is 5.76. The Morgan fingerprint density at radius 1 is 1.38 bits per heavy atom. The molecule has 3 nitrogen and oxygen atoms in total. The fourth-order valence-electron chi connectivity index (χ4n) is 3.81. The predicted molar refractivity (Wildman–Crippen MR) is 81.6 cm³/mol. The highest BCUT2D eigenvalue weighted by molar-refractivity contribution is 5.90. The van der Waals surface area contributed by atoms with E-state index in [4.69, 9.17) is 9.84 Å². The van der Waals surface area contributed by atoms with Gasteiger partial charge in [-0.3, -0.25) is 0 Å². The summed E-state index contributed by atoms with van der Waals surface area (Å²) in [5.41, 5.74) is 2.16. The molecule has 112 valence electrons. The second kappa shape index (κ2) is 5.21. The molecular weight excluding hydrogens is 264 g/mol. The maximum atomic E-state index is 11.1. The number of para-hydroxylation sites is 1. The van der Waals surface area contributed by atoms with Crippen molar-refractivity contribution in [3.63, 3.8) is 0 Å². The third kappa shape index (κ3) is 2.45. The maximum Gasteiger partial charge on any atom is 0.339 e. The molecule has 0 spiro atoms. The zero-order valence-electron chi connectivity index (χ0n) is 12.6. The maximum absolute atomic E-state index is 11.1. The monoisotopic (exact) mass is 286 g/mol. The van der Waals surface area contributed by atoms with Crippen LogP contribution in [0.5, 0.6) is 5.75 Å². The second-order valence-electron chi connectivity index (χ2n) is 6.72. The number of benzene rings is 1. The van der Waals surface area contributed by atoms with Crippen LogP contribution in [-0.2, 0) is 0 Å². The van der Waals surface area contributed by atoms with Crippen LogP contribution in [0.4, 0.5) is 0 Å². The summed E-state index contributed by atoms with van der Waals surface area (Å²) in [4.78, 5) is 11.1. The summed E-state index contributed by atoms with van der Waals surface area (Å²) >= 11 is 0. The van der Waals surface area contributed by atoms with Gasteiger partial charge < -0.3 is 9.84 Å². The molecule has 0 heterocycles. The Kier molecular flexibility index (Phi) is 3.52. The highest BCUT2D eigenvalue weighted by Gasteiger charge is 2.50. The van der Waals surface area contributed by atoms with E-state index in [0.717, 1.165) is 12.3 Å². The van der Waals surface area contributed by atoms with E-state index in [1.165, 1.54) is 18.4 Å². The topological polar surface area (TPSA) is 46.5 Å². The SMILES string of the molecule is CC1(C)C2CC=C(CCOc3ccccc3C(=O)O)C1C2. The normalized spacial score (nSPS) is 25.7. The largest absolute Gasteiger partial charge is 0.492 e. The van der Waals surface area contributed by atoms with Crippen molar-refractivity contribution in [2.45, 2.75) is 33.1 Å². The number of allylic oxidation sites excluding steroid dienone is 1. The lowest BCUT2D eigenvalue weighted by molar-refractivity contribution is -0.00918. The molecule has 2 bridgehead atoms. The molecule has 0 radical (unpaired) electrons. The summed E-state index contributed by atoms with van der Waals surface area (Å²) in [6.45, 7) is 5.27. The predicted octanol–water partition coefficient (Wildman–Crippen LogP) is 4.15. The molecule has 2 unspecified atom stereocenters. The summed E-state index contributed by atoms with van der Waals surface area (Å²) in [7, 11) is 0. The molecule has 0 aliphatic heterocycles. The van der Waals surface area contributed by atoms with Gasteiger partial charge in [0.05, 0.1) is 6.61 Å². The molecule has 1 saturated carbocycles. The van der Waals surface area contributed by atoms with E-state index in [1.54, 1.807) is 24.3 Å². The summed E-state index contributed by atoms with van der Waals surface area (Å²) in [5, 5.41) is 9.14. The molecular formula is C18H22O3. The number of aromatic carboxylic acids is 1. The molecule has 1 aromatic rings. The first-order chi connectivity index (χ1) is 10.00. The smallest absolute Gasteiger partial charge is 0.339 e. The Balaban J connectivity index is 1.60. The fraction of sp³-hybridized carbons (Fsp3) is 0.500. The van der Waals surface area contributed by atoms with E-state index in [2.05, 4.69) is 19.9 Å².